The maximum atomic E-state index is 13.2. The lowest BCUT2D eigenvalue weighted by Crippen LogP contribution is -2.23. The fraction of sp³-hybridized carbons (Fsp3) is 0.0870. The van der Waals surface area contributed by atoms with Crippen LogP contribution in [-0.4, -0.2) is 12.0 Å². The van der Waals surface area contributed by atoms with Crippen LogP contribution in [0.15, 0.2) is 89.3 Å². The summed E-state index contributed by atoms with van der Waals surface area (Å²) < 4.78 is 6.22. The van der Waals surface area contributed by atoms with Gasteiger partial charge in [-0.3, -0.25) is 4.79 Å². The summed E-state index contributed by atoms with van der Waals surface area (Å²) in [6, 6.07) is 25.5. The van der Waals surface area contributed by atoms with Gasteiger partial charge in [-0.1, -0.05) is 54.6 Å². The fourth-order valence-corrected chi connectivity index (χ4v) is 3.53. The van der Waals surface area contributed by atoms with Crippen molar-refractivity contribution in [1.29, 1.82) is 0 Å². The van der Waals surface area contributed by atoms with E-state index in [1.807, 2.05) is 79.1 Å². The summed E-state index contributed by atoms with van der Waals surface area (Å²) in [7, 11) is 0. The minimum Gasteiger partial charge on any atom is -0.480 e. The van der Waals surface area contributed by atoms with E-state index in [4.69, 9.17) is 4.74 Å². The molecular weight excluding hydrogens is 340 g/mol. The molecule has 0 amide bonds. The molecule has 3 heteroatoms. The molecule has 2 nitrogen and oxygen atoms in total. The van der Waals surface area contributed by atoms with Gasteiger partial charge in [0.1, 0.15) is 5.75 Å². The smallest absolute Gasteiger partial charge is 0.196 e. The molecule has 0 saturated carbocycles. The first-order valence-electron chi connectivity index (χ1n) is 8.47. The molecule has 4 rings (SSSR count). The van der Waals surface area contributed by atoms with Gasteiger partial charge in [0, 0.05) is 10.5 Å². The Morgan fingerprint density at radius 1 is 0.885 bits per heavy atom. The molecule has 0 N–H and O–H groups in total. The second-order valence-corrected chi connectivity index (χ2v) is 6.99. The first-order valence-corrected chi connectivity index (χ1v) is 9.70. The second-order valence-electron chi connectivity index (χ2n) is 6.11. The van der Waals surface area contributed by atoms with Crippen LogP contribution in [0.5, 0.6) is 5.75 Å². The average Bonchev–Trinajstić information content (AvgIpc) is 2.71. The number of hydrogen-bond acceptors (Lipinski definition) is 3. The van der Waals surface area contributed by atoms with E-state index in [0.29, 0.717) is 16.9 Å². The fourth-order valence-electron chi connectivity index (χ4n) is 3.12. The maximum absolute atomic E-state index is 13.2. The van der Waals surface area contributed by atoms with E-state index in [-0.39, 0.29) is 5.78 Å². The summed E-state index contributed by atoms with van der Waals surface area (Å²) in [6.07, 6.45) is 3.59. The van der Waals surface area contributed by atoms with Crippen LogP contribution in [-0.2, 0) is 0 Å². The molecular formula is C23H18O2S. The summed E-state index contributed by atoms with van der Waals surface area (Å²) in [4.78, 5) is 14.4. The molecule has 128 valence electrons. The van der Waals surface area contributed by atoms with Gasteiger partial charge in [-0.15, -0.1) is 11.8 Å². The standard InChI is InChI=1S/C23H18O2S/c1-26-18-13-11-16(12-14-18)15-20-22(24)19-9-5-6-10-21(19)25-23(20)17-7-3-2-4-8-17/h2-15,23H,1H3/b20-15-/t23-/m0/s1. The summed E-state index contributed by atoms with van der Waals surface area (Å²) in [5, 5.41) is 0. The molecule has 0 spiro atoms. The molecule has 1 heterocycles. The Labute approximate surface area is 157 Å². The third kappa shape index (κ3) is 3.18. The number of carbonyl (C=O) groups is 1. The third-order valence-electron chi connectivity index (χ3n) is 4.46. The van der Waals surface area contributed by atoms with Crippen molar-refractivity contribution in [3.63, 3.8) is 0 Å². The number of rotatable bonds is 3. The van der Waals surface area contributed by atoms with Crippen molar-refractivity contribution >= 4 is 23.6 Å². The summed E-state index contributed by atoms with van der Waals surface area (Å²) >= 11 is 1.70. The number of ether oxygens (including phenoxy) is 1. The van der Waals surface area contributed by atoms with Crippen molar-refractivity contribution in [2.24, 2.45) is 0 Å². The monoisotopic (exact) mass is 358 g/mol. The molecule has 0 fully saturated rings. The van der Waals surface area contributed by atoms with E-state index in [9.17, 15) is 4.79 Å². The molecule has 1 aliphatic heterocycles. The third-order valence-corrected chi connectivity index (χ3v) is 5.21. The lowest BCUT2D eigenvalue weighted by molar-refractivity contribution is 0.0963. The molecule has 0 saturated heterocycles. The molecule has 1 atom stereocenters. The van der Waals surface area contributed by atoms with E-state index in [1.165, 1.54) is 4.90 Å². The normalized spacial score (nSPS) is 17.7. The van der Waals surface area contributed by atoms with Gasteiger partial charge in [-0.25, -0.2) is 0 Å². The van der Waals surface area contributed by atoms with Crippen LogP contribution in [0.25, 0.3) is 6.08 Å². The first-order chi connectivity index (χ1) is 12.8. The summed E-state index contributed by atoms with van der Waals surface area (Å²) in [6.45, 7) is 0. The number of carbonyl (C=O) groups excluding carboxylic acids is 1. The van der Waals surface area contributed by atoms with Gasteiger partial charge >= 0.3 is 0 Å². The number of fused-ring (bicyclic) bond motifs is 1. The largest absolute Gasteiger partial charge is 0.480 e. The van der Waals surface area contributed by atoms with Crippen molar-refractivity contribution in [2.45, 2.75) is 11.0 Å². The number of benzene rings is 3. The molecule has 3 aromatic carbocycles. The molecule has 3 aromatic rings. The van der Waals surface area contributed by atoms with Crippen LogP contribution >= 0.6 is 11.8 Å². The van der Waals surface area contributed by atoms with Gasteiger partial charge in [0.2, 0.25) is 0 Å². The minimum absolute atomic E-state index is 0.0228. The van der Waals surface area contributed by atoms with E-state index in [1.54, 1.807) is 11.8 Å². The van der Waals surface area contributed by atoms with Gasteiger partial charge < -0.3 is 4.74 Å². The highest BCUT2D eigenvalue weighted by Crippen LogP contribution is 2.39. The van der Waals surface area contributed by atoms with Crippen LogP contribution in [0.4, 0.5) is 0 Å². The van der Waals surface area contributed by atoms with Crippen LogP contribution in [0.2, 0.25) is 0 Å². The van der Waals surface area contributed by atoms with E-state index < -0.39 is 6.10 Å². The highest BCUT2D eigenvalue weighted by Gasteiger charge is 2.32. The molecule has 0 unspecified atom stereocenters. The lowest BCUT2D eigenvalue weighted by Gasteiger charge is -2.28. The van der Waals surface area contributed by atoms with Crippen LogP contribution in [0, 0.1) is 0 Å². The van der Waals surface area contributed by atoms with Gasteiger partial charge in [0.15, 0.2) is 11.9 Å². The minimum atomic E-state index is -0.404. The molecule has 0 aromatic heterocycles. The van der Waals surface area contributed by atoms with Crippen molar-refractivity contribution in [2.75, 3.05) is 6.26 Å². The Morgan fingerprint density at radius 3 is 2.31 bits per heavy atom. The average molecular weight is 358 g/mol. The predicted molar refractivity (Wildman–Crippen MR) is 107 cm³/mol. The first kappa shape index (κ1) is 16.7. The SMILES string of the molecule is CSc1ccc(/C=C2/C(=O)c3ccccc3O[C@H]2c2ccccc2)cc1. The van der Waals surface area contributed by atoms with Gasteiger partial charge in [-0.05, 0) is 47.7 Å². The Balaban J connectivity index is 1.82. The molecule has 0 radical (unpaired) electrons. The van der Waals surface area contributed by atoms with E-state index in [0.717, 1.165) is 11.1 Å². The highest BCUT2D eigenvalue weighted by atomic mass is 32.2. The summed E-state index contributed by atoms with van der Waals surface area (Å²) in [5.74, 6) is 0.663. The number of thioether (sulfide) groups is 1. The van der Waals surface area contributed by atoms with Crippen molar-refractivity contribution in [3.8, 4) is 5.75 Å². The van der Waals surface area contributed by atoms with Crippen molar-refractivity contribution in [1.82, 2.24) is 0 Å². The Hall–Kier alpha value is -2.78. The Morgan fingerprint density at radius 2 is 1.58 bits per heavy atom. The van der Waals surface area contributed by atoms with Crippen LogP contribution < -0.4 is 4.74 Å². The zero-order chi connectivity index (χ0) is 17.9. The van der Waals surface area contributed by atoms with Crippen molar-refractivity contribution in [3.05, 3.63) is 101 Å². The van der Waals surface area contributed by atoms with Crippen molar-refractivity contribution < 1.29 is 9.53 Å². The Kier molecular flexibility index (Phi) is 4.63. The summed E-state index contributed by atoms with van der Waals surface area (Å²) in [5.41, 5.74) is 3.25. The Bertz CT molecular complexity index is 959. The van der Waals surface area contributed by atoms with Crippen LogP contribution in [0.3, 0.4) is 0 Å². The predicted octanol–water partition coefficient (Wildman–Crippen LogP) is 5.81. The van der Waals surface area contributed by atoms with E-state index in [2.05, 4.69) is 12.1 Å². The molecule has 1 aliphatic rings. The number of Topliss-reactive ketones (excluding diaryl/α,β-unsaturated/α-hetero) is 1. The topological polar surface area (TPSA) is 26.3 Å². The number of hydrogen-bond donors (Lipinski definition) is 0. The lowest BCUT2D eigenvalue weighted by atomic mass is 9.89. The molecule has 0 aliphatic carbocycles. The van der Waals surface area contributed by atoms with Crippen LogP contribution in [0.1, 0.15) is 27.6 Å². The van der Waals surface area contributed by atoms with Gasteiger partial charge in [0.25, 0.3) is 0 Å². The quantitative estimate of drug-likeness (QED) is 0.437. The number of ketones is 1. The second kappa shape index (κ2) is 7.22. The number of para-hydroxylation sites is 1. The van der Waals surface area contributed by atoms with Gasteiger partial charge in [0.05, 0.1) is 5.56 Å². The zero-order valence-corrected chi connectivity index (χ0v) is 15.2. The molecule has 0 bridgehead atoms. The molecule has 26 heavy (non-hydrogen) atoms. The maximum Gasteiger partial charge on any atom is 0.196 e. The van der Waals surface area contributed by atoms with E-state index >= 15 is 0 Å². The zero-order valence-electron chi connectivity index (χ0n) is 14.4. The highest BCUT2D eigenvalue weighted by molar-refractivity contribution is 7.98. The van der Waals surface area contributed by atoms with Gasteiger partial charge in [-0.2, -0.15) is 0 Å².